The fourth-order valence-electron chi connectivity index (χ4n) is 2.15. The molecule has 0 saturated carbocycles. The molecule has 0 bridgehead atoms. The number of hydrogen-bond donors (Lipinski definition) is 1. The monoisotopic (exact) mass is 316 g/mol. The van der Waals surface area contributed by atoms with Crippen molar-refractivity contribution >= 4 is 11.3 Å². The molecule has 0 saturated heterocycles. The normalized spacial score (nSPS) is 11.0. The molecule has 2 aromatic heterocycles. The molecule has 0 radical (unpaired) electrons. The first-order valence-corrected chi connectivity index (χ1v) is 7.99. The molecule has 6 heteroatoms. The van der Waals surface area contributed by atoms with Gasteiger partial charge in [-0.1, -0.05) is 12.1 Å². The van der Waals surface area contributed by atoms with Crippen LogP contribution in [0.1, 0.15) is 11.3 Å². The summed E-state index contributed by atoms with van der Waals surface area (Å²) < 4.78 is 15.6. The van der Waals surface area contributed by atoms with Gasteiger partial charge in [-0.25, -0.2) is 9.37 Å². The number of halogens is 1. The van der Waals surface area contributed by atoms with Crippen molar-refractivity contribution in [3.05, 3.63) is 59.1 Å². The van der Waals surface area contributed by atoms with Crippen molar-refractivity contribution in [3.8, 4) is 10.6 Å². The number of aryl methyl sites for hydroxylation is 1. The molecular weight excluding hydrogens is 299 g/mol. The SMILES string of the molecule is Cc1cnn(CCNCc2csc(-c3ccccc3F)n2)c1. The van der Waals surface area contributed by atoms with Gasteiger partial charge in [0, 0.05) is 30.2 Å². The van der Waals surface area contributed by atoms with Crippen LogP contribution in [0.3, 0.4) is 0 Å². The van der Waals surface area contributed by atoms with Crippen molar-refractivity contribution < 1.29 is 4.39 Å². The predicted molar refractivity (Wildman–Crippen MR) is 86.2 cm³/mol. The third-order valence-corrected chi connectivity index (χ3v) is 4.17. The summed E-state index contributed by atoms with van der Waals surface area (Å²) in [5, 5.41) is 10.2. The highest BCUT2D eigenvalue weighted by atomic mass is 32.1. The van der Waals surface area contributed by atoms with Crippen LogP contribution in [-0.2, 0) is 13.1 Å². The van der Waals surface area contributed by atoms with E-state index in [1.807, 2.05) is 35.4 Å². The predicted octanol–water partition coefficient (Wildman–Crippen LogP) is 3.24. The molecule has 1 N–H and O–H groups in total. The maximum Gasteiger partial charge on any atom is 0.133 e. The first-order valence-electron chi connectivity index (χ1n) is 7.11. The second-order valence-corrected chi connectivity index (χ2v) is 5.94. The van der Waals surface area contributed by atoms with Crippen molar-refractivity contribution in [2.45, 2.75) is 20.0 Å². The second-order valence-electron chi connectivity index (χ2n) is 5.08. The quantitative estimate of drug-likeness (QED) is 0.710. The number of benzene rings is 1. The average Bonchev–Trinajstić information content (AvgIpc) is 3.13. The van der Waals surface area contributed by atoms with Gasteiger partial charge in [0.25, 0.3) is 0 Å². The first-order chi connectivity index (χ1) is 10.7. The lowest BCUT2D eigenvalue weighted by molar-refractivity contribution is 0.552. The zero-order valence-electron chi connectivity index (χ0n) is 12.3. The maximum absolute atomic E-state index is 13.7. The fraction of sp³-hybridized carbons (Fsp3) is 0.250. The summed E-state index contributed by atoms with van der Waals surface area (Å²) >= 11 is 1.47. The van der Waals surface area contributed by atoms with Gasteiger partial charge in [-0.15, -0.1) is 11.3 Å². The van der Waals surface area contributed by atoms with Crippen molar-refractivity contribution in [3.63, 3.8) is 0 Å². The van der Waals surface area contributed by atoms with Gasteiger partial charge in [0.05, 0.1) is 18.4 Å². The van der Waals surface area contributed by atoms with Gasteiger partial charge in [0.1, 0.15) is 10.8 Å². The van der Waals surface area contributed by atoms with E-state index in [0.29, 0.717) is 12.1 Å². The summed E-state index contributed by atoms with van der Waals surface area (Å²) in [6.45, 7) is 4.33. The molecule has 114 valence electrons. The summed E-state index contributed by atoms with van der Waals surface area (Å²) in [5.74, 6) is -0.231. The van der Waals surface area contributed by atoms with E-state index >= 15 is 0 Å². The minimum absolute atomic E-state index is 0.231. The Morgan fingerprint density at radius 3 is 2.95 bits per heavy atom. The smallest absolute Gasteiger partial charge is 0.133 e. The molecule has 22 heavy (non-hydrogen) atoms. The third-order valence-electron chi connectivity index (χ3n) is 3.24. The number of hydrogen-bond acceptors (Lipinski definition) is 4. The highest BCUT2D eigenvalue weighted by Gasteiger charge is 2.08. The Morgan fingerprint density at radius 1 is 1.32 bits per heavy atom. The lowest BCUT2D eigenvalue weighted by atomic mass is 10.2. The van der Waals surface area contributed by atoms with Crippen molar-refractivity contribution in [1.29, 1.82) is 0 Å². The largest absolute Gasteiger partial charge is 0.309 e. The average molecular weight is 316 g/mol. The Bertz CT molecular complexity index is 750. The third kappa shape index (κ3) is 3.58. The van der Waals surface area contributed by atoms with Crippen molar-refractivity contribution in [1.82, 2.24) is 20.1 Å². The zero-order chi connectivity index (χ0) is 15.4. The van der Waals surface area contributed by atoms with Crippen LogP contribution >= 0.6 is 11.3 Å². The van der Waals surface area contributed by atoms with Gasteiger partial charge in [-0.05, 0) is 24.6 Å². The summed E-state index contributed by atoms with van der Waals surface area (Å²) in [5.41, 5.74) is 2.65. The Kier molecular flexibility index (Phi) is 4.60. The number of thiazole rings is 1. The van der Waals surface area contributed by atoms with E-state index in [-0.39, 0.29) is 5.82 Å². The Morgan fingerprint density at radius 2 is 2.18 bits per heavy atom. The van der Waals surface area contributed by atoms with Crippen LogP contribution in [0.4, 0.5) is 4.39 Å². The van der Waals surface area contributed by atoms with Gasteiger partial charge in [-0.2, -0.15) is 5.10 Å². The number of nitrogens with zero attached hydrogens (tertiary/aromatic N) is 3. The van der Waals surface area contributed by atoms with E-state index in [0.717, 1.165) is 29.4 Å². The number of aromatic nitrogens is 3. The minimum atomic E-state index is -0.231. The van der Waals surface area contributed by atoms with Gasteiger partial charge in [-0.3, -0.25) is 4.68 Å². The molecule has 0 fully saturated rings. The molecule has 0 spiro atoms. The molecule has 4 nitrogen and oxygen atoms in total. The highest BCUT2D eigenvalue weighted by molar-refractivity contribution is 7.13. The van der Waals surface area contributed by atoms with E-state index in [1.54, 1.807) is 12.1 Å². The lowest BCUT2D eigenvalue weighted by Gasteiger charge is -2.03. The summed E-state index contributed by atoms with van der Waals surface area (Å²) in [6.07, 6.45) is 3.86. The molecule has 0 aliphatic heterocycles. The summed E-state index contributed by atoms with van der Waals surface area (Å²) in [4.78, 5) is 4.48. The Balaban J connectivity index is 1.53. The first kappa shape index (κ1) is 14.9. The van der Waals surface area contributed by atoms with Crippen LogP contribution < -0.4 is 5.32 Å². The van der Waals surface area contributed by atoms with E-state index in [2.05, 4.69) is 15.4 Å². The van der Waals surface area contributed by atoms with Gasteiger partial charge >= 0.3 is 0 Å². The van der Waals surface area contributed by atoms with Gasteiger partial charge in [0.2, 0.25) is 0 Å². The van der Waals surface area contributed by atoms with Crippen molar-refractivity contribution in [2.24, 2.45) is 0 Å². The van der Waals surface area contributed by atoms with Gasteiger partial charge in [0.15, 0.2) is 0 Å². The standard InChI is InChI=1S/C16H17FN4S/c1-12-8-19-21(10-12)7-6-18-9-13-11-22-16(20-13)14-4-2-3-5-15(14)17/h2-5,8,10-11,18H,6-7,9H2,1H3. The molecule has 0 aliphatic rings. The molecule has 1 aromatic carbocycles. The minimum Gasteiger partial charge on any atom is -0.309 e. The molecule has 0 aliphatic carbocycles. The van der Waals surface area contributed by atoms with E-state index in [1.165, 1.54) is 17.4 Å². The maximum atomic E-state index is 13.7. The van der Waals surface area contributed by atoms with E-state index < -0.39 is 0 Å². The number of nitrogens with one attached hydrogen (secondary N) is 1. The van der Waals surface area contributed by atoms with Crippen LogP contribution in [0.5, 0.6) is 0 Å². The Labute approximate surface area is 132 Å². The summed E-state index contributed by atoms with van der Waals surface area (Å²) in [7, 11) is 0. The molecule has 0 unspecified atom stereocenters. The lowest BCUT2D eigenvalue weighted by Crippen LogP contribution is -2.19. The molecule has 0 amide bonds. The molecular formula is C16H17FN4S. The van der Waals surface area contributed by atoms with Crippen LogP contribution in [0.2, 0.25) is 0 Å². The summed E-state index contributed by atoms with van der Waals surface area (Å²) in [6, 6.07) is 6.72. The van der Waals surface area contributed by atoms with E-state index in [4.69, 9.17) is 0 Å². The second kappa shape index (κ2) is 6.81. The van der Waals surface area contributed by atoms with Crippen molar-refractivity contribution in [2.75, 3.05) is 6.54 Å². The molecule has 3 aromatic rings. The fourth-order valence-corrected chi connectivity index (χ4v) is 2.99. The van der Waals surface area contributed by atoms with E-state index in [9.17, 15) is 4.39 Å². The number of rotatable bonds is 6. The van der Waals surface area contributed by atoms with Crippen LogP contribution in [0.25, 0.3) is 10.6 Å². The zero-order valence-corrected chi connectivity index (χ0v) is 13.1. The topological polar surface area (TPSA) is 42.7 Å². The highest BCUT2D eigenvalue weighted by Crippen LogP contribution is 2.25. The van der Waals surface area contributed by atoms with Gasteiger partial charge < -0.3 is 5.32 Å². The van der Waals surface area contributed by atoms with Crippen LogP contribution in [0, 0.1) is 12.7 Å². The van der Waals surface area contributed by atoms with Crippen LogP contribution in [0.15, 0.2) is 42.0 Å². The molecule has 3 rings (SSSR count). The molecule has 0 atom stereocenters. The van der Waals surface area contributed by atoms with Crippen LogP contribution in [-0.4, -0.2) is 21.3 Å². The Hall–Kier alpha value is -2.05. The molecule has 2 heterocycles.